The van der Waals surface area contributed by atoms with Gasteiger partial charge in [-0.1, -0.05) is 11.6 Å². The van der Waals surface area contributed by atoms with Crippen LogP contribution in [0.5, 0.6) is 0 Å². The maximum Gasteiger partial charge on any atom is 0.273 e. The van der Waals surface area contributed by atoms with E-state index in [0.29, 0.717) is 10.6 Å². The summed E-state index contributed by atoms with van der Waals surface area (Å²) in [7, 11) is -3.73. The van der Waals surface area contributed by atoms with Gasteiger partial charge in [0.25, 0.3) is 10.0 Å². The van der Waals surface area contributed by atoms with E-state index in [9.17, 15) is 8.42 Å². The second-order valence-electron chi connectivity index (χ2n) is 3.61. The van der Waals surface area contributed by atoms with Gasteiger partial charge in [-0.2, -0.15) is 5.26 Å². The molecule has 1 heterocycles. The third-order valence-corrected chi connectivity index (χ3v) is 5.27. The lowest BCUT2D eigenvalue weighted by atomic mass is 10.2. The molecule has 0 aliphatic heterocycles. The highest BCUT2D eigenvalue weighted by Gasteiger charge is 2.18. The number of nitrogens with one attached hydrogen (secondary N) is 1. The number of anilines is 1. The molecule has 0 unspecified atom stereocenters. The molecule has 0 spiro atoms. The number of nitriles is 1. The molecule has 0 aliphatic carbocycles. The summed E-state index contributed by atoms with van der Waals surface area (Å²) in [6.07, 6.45) is 1.28. The van der Waals surface area contributed by atoms with Crippen molar-refractivity contribution in [3.63, 3.8) is 0 Å². The SMILES string of the molecule is Cc1ncc(S(=O)(=O)Nc2cc(C#N)ccc2Cl)s1. The monoisotopic (exact) mass is 313 g/mol. The topological polar surface area (TPSA) is 82.8 Å². The molecule has 0 fully saturated rings. The molecule has 0 aliphatic rings. The van der Waals surface area contributed by atoms with Gasteiger partial charge < -0.3 is 0 Å². The van der Waals surface area contributed by atoms with E-state index in [0.717, 1.165) is 11.3 Å². The molecule has 1 N–H and O–H groups in total. The third-order valence-electron chi connectivity index (χ3n) is 2.20. The first-order chi connectivity index (χ1) is 8.92. The Morgan fingerprint density at radius 2 is 2.21 bits per heavy atom. The molecule has 1 aromatic carbocycles. The molecule has 0 saturated heterocycles. The zero-order chi connectivity index (χ0) is 14.0. The molecule has 0 radical (unpaired) electrons. The molecule has 2 rings (SSSR count). The lowest BCUT2D eigenvalue weighted by Crippen LogP contribution is -2.12. The van der Waals surface area contributed by atoms with Crippen LogP contribution in [0.3, 0.4) is 0 Å². The minimum atomic E-state index is -3.73. The van der Waals surface area contributed by atoms with Crippen LogP contribution in [0, 0.1) is 18.3 Å². The van der Waals surface area contributed by atoms with Crippen LogP contribution in [-0.2, 0) is 10.0 Å². The number of aryl methyl sites for hydroxylation is 1. The van der Waals surface area contributed by atoms with E-state index in [1.165, 1.54) is 24.4 Å². The van der Waals surface area contributed by atoms with Crippen molar-refractivity contribution >= 4 is 38.6 Å². The van der Waals surface area contributed by atoms with Crippen molar-refractivity contribution in [2.24, 2.45) is 0 Å². The summed E-state index contributed by atoms with van der Waals surface area (Å²) >= 11 is 6.96. The van der Waals surface area contributed by atoms with Gasteiger partial charge in [-0.3, -0.25) is 4.72 Å². The Bertz CT molecular complexity index is 762. The number of hydrogen-bond acceptors (Lipinski definition) is 5. The zero-order valence-corrected chi connectivity index (χ0v) is 12.1. The molecular formula is C11H8ClN3O2S2. The van der Waals surface area contributed by atoms with Gasteiger partial charge in [0.1, 0.15) is 0 Å². The minimum Gasteiger partial charge on any atom is -0.277 e. The number of thiazole rings is 1. The van der Waals surface area contributed by atoms with Crippen LogP contribution in [0.25, 0.3) is 0 Å². The van der Waals surface area contributed by atoms with E-state index >= 15 is 0 Å². The van der Waals surface area contributed by atoms with Crippen molar-refractivity contribution < 1.29 is 8.42 Å². The Hall–Kier alpha value is -1.62. The summed E-state index contributed by atoms with van der Waals surface area (Å²) in [5, 5.41) is 9.67. The van der Waals surface area contributed by atoms with Crippen LogP contribution >= 0.6 is 22.9 Å². The Kier molecular flexibility index (Phi) is 3.75. The van der Waals surface area contributed by atoms with Crippen LogP contribution in [0.15, 0.2) is 28.6 Å². The van der Waals surface area contributed by atoms with Crippen LogP contribution in [0.4, 0.5) is 5.69 Å². The highest BCUT2D eigenvalue weighted by atomic mass is 35.5. The van der Waals surface area contributed by atoms with Crippen LogP contribution in [-0.4, -0.2) is 13.4 Å². The predicted molar refractivity (Wildman–Crippen MR) is 73.8 cm³/mol. The summed E-state index contributed by atoms with van der Waals surface area (Å²) in [5.74, 6) is 0. The third kappa shape index (κ3) is 3.04. The van der Waals surface area contributed by atoms with Crippen molar-refractivity contribution in [3.05, 3.63) is 40.0 Å². The zero-order valence-electron chi connectivity index (χ0n) is 9.71. The highest BCUT2D eigenvalue weighted by Crippen LogP contribution is 2.27. The molecule has 0 atom stereocenters. The summed E-state index contributed by atoms with van der Waals surface area (Å²) < 4.78 is 26.6. The number of rotatable bonds is 3. The van der Waals surface area contributed by atoms with Crippen molar-refractivity contribution in [2.75, 3.05) is 4.72 Å². The van der Waals surface area contributed by atoms with Crippen LogP contribution in [0.2, 0.25) is 5.02 Å². The summed E-state index contributed by atoms with van der Waals surface area (Å²) in [6, 6.07) is 6.28. The van der Waals surface area contributed by atoms with E-state index in [-0.39, 0.29) is 14.9 Å². The summed E-state index contributed by atoms with van der Waals surface area (Å²) in [6.45, 7) is 1.72. The van der Waals surface area contributed by atoms with Gasteiger partial charge in [0, 0.05) is 0 Å². The van der Waals surface area contributed by atoms with Crippen LogP contribution < -0.4 is 4.72 Å². The maximum absolute atomic E-state index is 12.1. The number of aromatic nitrogens is 1. The summed E-state index contributed by atoms with van der Waals surface area (Å²) in [5.41, 5.74) is 0.495. The number of halogens is 1. The maximum atomic E-state index is 12.1. The molecular weight excluding hydrogens is 306 g/mol. The largest absolute Gasteiger partial charge is 0.277 e. The Morgan fingerprint density at radius 3 is 2.79 bits per heavy atom. The molecule has 0 amide bonds. The Labute approximate surface area is 119 Å². The predicted octanol–water partition coefficient (Wildman–Crippen LogP) is 2.78. The minimum absolute atomic E-state index is 0.100. The normalized spacial score (nSPS) is 11.0. The van der Waals surface area contributed by atoms with Crippen molar-refractivity contribution in [1.82, 2.24) is 4.98 Å². The fourth-order valence-electron chi connectivity index (χ4n) is 1.33. The van der Waals surface area contributed by atoms with E-state index < -0.39 is 10.0 Å². The first-order valence-corrected chi connectivity index (χ1v) is 7.75. The van der Waals surface area contributed by atoms with E-state index in [2.05, 4.69) is 9.71 Å². The van der Waals surface area contributed by atoms with E-state index in [4.69, 9.17) is 16.9 Å². The molecule has 19 heavy (non-hydrogen) atoms. The Balaban J connectivity index is 2.38. The van der Waals surface area contributed by atoms with Crippen molar-refractivity contribution in [3.8, 4) is 6.07 Å². The molecule has 1 aromatic heterocycles. The number of benzene rings is 1. The smallest absolute Gasteiger partial charge is 0.273 e. The fraction of sp³-hybridized carbons (Fsp3) is 0.0909. The van der Waals surface area contributed by atoms with Gasteiger partial charge in [0.15, 0.2) is 4.21 Å². The van der Waals surface area contributed by atoms with Gasteiger partial charge in [0.2, 0.25) is 0 Å². The van der Waals surface area contributed by atoms with Gasteiger partial charge in [-0.05, 0) is 25.1 Å². The summed E-state index contributed by atoms with van der Waals surface area (Å²) in [4.78, 5) is 3.89. The van der Waals surface area contributed by atoms with Crippen molar-refractivity contribution in [1.29, 1.82) is 5.26 Å². The van der Waals surface area contributed by atoms with Crippen molar-refractivity contribution in [2.45, 2.75) is 11.1 Å². The Morgan fingerprint density at radius 1 is 1.47 bits per heavy atom. The second-order valence-corrected chi connectivity index (χ2v) is 7.16. The molecule has 0 saturated carbocycles. The quantitative estimate of drug-likeness (QED) is 0.944. The molecule has 0 bridgehead atoms. The standard InChI is InChI=1S/C11H8ClN3O2S2/c1-7-14-6-11(18-7)19(16,17)15-10-4-8(5-13)2-3-9(10)12/h2-4,6,15H,1H3. The molecule has 2 aromatic rings. The first kappa shape index (κ1) is 13.8. The van der Waals surface area contributed by atoms with Crippen LogP contribution in [0.1, 0.15) is 10.6 Å². The van der Waals surface area contributed by atoms with Gasteiger partial charge in [0.05, 0.1) is 33.5 Å². The fourth-order valence-corrected chi connectivity index (χ4v) is 3.73. The average Bonchev–Trinajstić information content (AvgIpc) is 2.79. The molecule has 98 valence electrons. The van der Waals surface area contributed by atoms with Gasteiger partial charge >= 0.3 is 0 Å². The lowest BCUT2D eigenvalue weighted by molar-refractivity contribution is 0.603. The van der Waals surface area contributed by atoms with E-state index in [1.54, 1.807) is 6.92 Å². The van der Waals surface area contributed by atoms with Gasteiger partial charge in [-0.25, -0.2) is 13.4 Å². The second kappa shape index (κ2) is 5.17. The average molecular weight is 314 g/mol. The first-order valence-electron chi connectivity index (χ1n) is 5.07. The number of nitrogens with zero attached hydrogens (tertiary/aromatic N) is 2. The van der Waals surface area contributed by atoms with E-state index in [1.807, 2.05) is 6.07 Å². The molecule has 5 nitrogen and oxygen atoms in total. The molecule has 8 heteroatoms. The lowest BCUT2D eigenvalue weighted by Gasteiger charge is -2.07. The highest BCUT2D eigenvalue weighted by molar-refractivity contribution is 7.94. The number of sulfonamides is 1. The number of hydrogen-bond donors (Lipinski definition) is 1. The van der Waals surface area contributed by atoms with Gasteiger partial charge in [-0.15, -0.1) is 11.3 Å².